The van der Waals surface area contributed by atoms with Gasteiger partial charge in [-0.15, -0.1) is 0 Å². The average Bonchev–Trinajstić information content (AvgIpc) is 3.23. The van der Waals surface area contributed by atoms with Gasteiger partial charge < -0.3 is 18.9 Å². The van der Waals surface area contributed by atoms with Crippen LogP contribution in [-0.2, 0) is 22.5 Å². The number of imidazole rings is 1. The summed E-state index contributed by atoms with van der Waals surface area (Å²) in [5.41, 5.74) is 2.03. The minimum atomic E-state index is -0.459. The third-order valence-electron chi connectivity index (χ3n) is 6.19. The molecule has 1 aromatic heterocycles. The molecule has 0 N–H and O–H groups in total. The molecule has 2 aromatic rings. The van der Waals surface area contributed by atoms with Crippen LogP contribution in [0, 0.1) is 0 Å². The van der Waals surface area contributed by atoms with Gasteiger partial charge in [-0.2, -0.15) is 0 Å². The van der Waals surface area contributed by atoms with E-state index in [1.807, 2.05) is 42.4 Å². The molecule has 2 atom stereocenters. The Bertz CT molecular complexity index is 811. The summed E-state index contributed by atoms with van der Waals surface area (Å²) < 4.78 is 13.4. The van der Waals surface area contributed by atoms with E-state index in [2.05, 4.69) is 15.7 Å². The molecule has 2 heterocycles. The van der Waals surface area contributed by atoms with Gasteiger partial charge in [-0.05, 0) is 37.5 Å². The van der Waals surface area contributed by atoms with Gasteiger partial charge >= 0.3 is 0 Å². The van der Waals surface area contributed by atoms with Gasteiger partial charge in [0.1, 0.15) is 11.9 Å². The van der Waals surface area contributed by atoms with Crippen LogP contribution in [0.3, 0.4) is 0 Å². The fraction of sp³-hybridized carbons (Fsp3) is 0.565. The van der Waals surface area contributed by atoms with E-state index in [0.717, 1.165) is 17.0 Å². The van der Waals surface area contributed by atoms with Crippen LogP contribution in [-0.4, -0.2) is 46.2 Å². The van der Waals surface area contributed by atoms with E-state index in [4.69, 9.17) is 9.47 Å². The predicted molar refractivity (Wildman–Crippen MR) is 111 cm³/mol. The third kappa shape index (κ3) is 4.64. The molecule has 6 heteroatoms. The summed E-state index contributed by atoms with van der Waals surface area (Å²) in [6, 6.07) is 8.49. The number of carbonyl (C=O) groups excluding carboxylic acids is 1. The first-order valence-corrected chi connectivity index (χ1v) is 10.7. The van der Waals surface area contributed by atoms with Crippen LogP contribution < -0.4 is 4.74 Å². The number of hydrogen-bond donors (Lipinski definition) is 0. The van der Waals surface area contributed by atoms with Gasteiger partial charge in [0.25, 0.3) is 5.91 Å². The highest BCUT2D eigenvalue weighted by molar-refractivity contribution is 5.82. The first-order valence-electron chi connectivity index (χ1n) is 10.7. The number of hydrogen-bond acceptors (Lipinski definition) is 4. The Morgan fingerprint density at radius 2 is 1.93 bits per heavy atom. The number of ether oxygens (including phenoxy) is 2. The number of rotatable bonds is 6. The van der Waals surface area contributed by atoms with Crippen LogP contribution in [0.4, 0.5) is 0 Å². The van der Waals surface area contributed by atoms with Crippen molar-refractivity contribution in [3.05, 3.63) is 48.0 Å². The molecule has 1 saturated carbocycles. The molecule has 2 fully saturated rings. The number of benzene rings is 1. The maximum Gasteiger partial charge on any atom is 0.252 e. The maximum atomic E-state index is 13.1. The van der Waals surface area contributed by atoms with Crippen LogP contribution in [0.15, 0.2) is 36.8 Å². The van der Waals surface area contributed by atoms with Crippen molar-refractivity contribution in [2.45, 2.75) is 70.2 Å². The molecule has 0 spiro atoms. The van der Waals surface area contributed by atoms with Crippen molar-refractivity contribution < 1.29 is 14.3 Å². The molecule has 6 nitrogen and oxygen atoms in total. The van der Waals surface area contributed by atoms with Gasteiger partial charge in [-0.1, -0.05) is 31.4 Å². The summed E-state index contributed by atoms with van der Waals surface area (Å²) in [7, 11) is 1.66. The Morgan fingerprint density at radius 1 is 1.17 bits per heavy atom. The number of carbonyl (C=O) groups is 1. The molecule has 4 rings (SSSR count). The highest BCUT2D eigenvalue weighted by Crippen LogP contribution is 2.28. The zero-order valence-electron chi connectivity index (χ0n) is 17.4. The summed E-state index contributed by atoms with van der Waals surface area (Å²) in [4.78, 5) is 19.6. The highest BCUT2D eigenvalue weighted by Gasteiger charge is 2.34. The molecular weight excluding hydrogens is 366 g/mol. The Hall–Kier alpha value is -2.34. The quantitative estimate of drug-likeness (QED) is 0.745. The van der Waals surface area contributed by atoms with E-state index in [1.165, 1.54) is 32.1 Å². The molecule has 0 bridgehead atoms. The smallest absolute Gasteiger partial charge is 0.252 e. The van der Waals surface area contributed by atoms with Gasteiger partial charge in [0, 0.05) is 25.2 Å². The fourth-order valence-electron chi connectivity index (χ4n) is 4.38. The summed E-state index contributed by atoms with van der Waals surface area (Å²) >= 11 is 0. The zero-order valence-corrected chi connectivity index (χ0v) is 17.4. The molecule has 1 aliphatic carbocycles. The fourth-order valence-corrected chi connectivity index (χ4v) is 4.38. The maximum absolute atomic E-state index is 13.1. The van der Waals surface area contributed by atoms with Crippen molar-refractivity contribution in [2.75, 3.05) is 13.7 Å². The Kier molecular flexibility index (Phi) is 6.19. The van der Waals surface area contributed by atoms with E-state index in [1.54, 1.807) is 7.11 Å². The van der Waals surface area contributed by atoms with Gasteiger partial charge in [0.05, 0.1) is 31.8 Å². The van der Waals surface area contributed by atoms with Crippen molar-refractivity contribution in [3.63, 3.8) is 0 Å². The largest absolute Gasteiger partial charge is 0.497 e. The van der Waals surface area contributed by atoms with Crippen LogP contribution in [0.25, 0.3) is 0 Å². The highest BCUT2D eigenvalue weighted by atomic mass is 16.5. The molecule has 1 saturated heterocycles. The molecule has 1 aliphatic heterocycles. The summed E-state index contributed by atoms with van der Waals surface area (Å²) in [5.74, 6) is 0.869. The molecule has 29 heavy (non-hydrogen) atoms. The second-order valence-electron chi connectivity index (χ2n) is 8.29. The number of morpholine rings is 1. The lowest BCUT2D eigenvalue weighted by molar-refractivity contribution is -0.159. The van der Waals surface area contributed by atoms with E-state index in [9.17, 15) is 4.79 Å². The van der Waals surface area contributed by atoms with Crippen LogP contribution >= 0.6 is 0 Å². The van der Waals surface area contributed by atoms with Gasteiger partial charge in [-0.3, -0.25) is 4.79 Å². The van der Waals surface area contributed by atoms with Crippen molar-refractivity contribution in [3.8, 4) is 5.75 Å². The molecule has 2 aliphatic rings. The topological polar surface area (TPSA) is 56.6 Å². The van der Waals surface area contributed by atoms with Crippen molar-refractivity contribution in [1.29, 1.82) is 0 Å². The second-order valence-corrected chi connectivity index (χ2v) is 8.29. The van der Waals surface area contributed by atoms with E-state index < -0.39 is 6.10 Å². The first-order chi connectivity index (χ1) is 14.1. The normalized spacial score (nSPS) is 23.4. The molecule has 156 valence electrons. The SMILES string of the molecule is COc1ccc(CN2C(=O)[C@H](Cc3cn(C4CCCCC4)cn3)OC[C@@H]2C)cc1. The number of nitrogens with zero attached hydrogens (tertiary/aromatic N) is 3. The van der Waals surface area contributed by atoms with Crippen molar-refractivity contribution >= 4 is 5.91 Å². The van der Waals surface area contributed by atoms with E-state index >= 15 is 0 Å². The summed E-state index contributed by atoms with van der Waals surface area (Å²) in [6.07, 6.45) is 10.5. The van der Waals surface area contributed by atoms with E-state index in [-0.39, 0.29) is 11.9 Å². The van der Waals surface area contributed by atoms with Crippen molar-refractivity contribution in [1.82, 2.24) is 14.5 Å². The van der Waals surface area contributed by atoms with Crippen LogP contribution in [0.5, 0.6) is 5.75 Å². The summed E-state index contributed by atoms with van der Waals surface area (Å²) in [5, 5.41) is 0. The predicted octanol–water partition coefficient (Wildman–Crippen LogP) is 3.76. The van der Waals surface area contributed by atoms with Gasteiger partial charge in [0.15, 0.2) is 0 Å². The second kappa shape index (κ2) is 8.99. The third-order valence-corrected chi connectivity index (χ3v) is 6.19. The Balaban J connectivity index is 1.40. The molecule has 1 aromatic carbocycles. The van der Waals surface area contributed by atoms with Crippen LogP contribution in [0.2, 0.25) is 0 Å². The standard InChI is InChI=1S/C23H31N3O3/c1-17-15-29-22(12-19-14-25(16-24-19)20-6-4-3-5-7-20)23(27)26(17)13-18-8-10-21(28-2)11-9-18/h8-11,14,16-17,20,22H,3-7,12-13,15H2,1-2H3/t17-,22-/m0/s1. The lowest BCUT2D eigenvalue weighted by atomic mass is 9.95. The molecule has 1 amide bonds. The summed E-state index contributed by atoms with van der Waals surface area (Å²) in [6.45, 7) is 3.17. The lowest BCUT2D eigenvalue weighted by Crippen LogP contribution is -2.52. The minimum Gasteiger partial charge on any atom is -0.497 e. The molecule has 0 radical (unpaired) electrons. The van der Waals surface area contributed by atoms with Crippen LogP contribution in [0.1, 0.15) is 56.3 Å². The average molecular weight is 398 g/mol. The lowest BCUT2D eigenvalue weighted by Gasteiger charge is -2.37. The van der Waals surface area contributed by atoms with Gasteiger partial charge in [0.2, 0.25) is 0 Å². The first kappa shape index (κ1) is 20.0. The van der Waals surface area contributed by atoms with E-state index in [0.29, 0.717) is 25.6 Å². The zero-order chi connectivity index (χ0) is 20.2. The Morgan fingerprint density at radius 3 is 2.66 bits per heavy atom. The number of methoxy groups -OCH3 is 1. The number of aromatic nitrogens is 2. The van der Waals surface area contributed by atoms with Gasteiger partial charge in [-0.25, -0.2) is 4.98 Å². The monoisotopic (exact) mass is 397 g/mol. The van der Waals surface area contributed by atoms with Crippen molar-refractivity contribution in [2.24, 2.45) is 0 Å². The molecule has 0 unspecified atom stereocenters. The minimum absolute atomic E-state index is 0.0479. The Labute approximate surface area is 172 Å². The molecular formula is C23H31N3O3. The number of amides is 1.